The van der Waals surface area contributed by atoms with Crippen molar-refractivity contribution in [2.45, 2.75) is 12.8 Å². The maximum atomic E-state index is 12.9. The highest BCUT2D eigenvalue weighted by atomic mass is 16.6. The van der Waals surface area contributed by atoms with Crippen LogP contribution in [0.1, 0.15) is 43.9 Å². The van der Waals surface area contributed by atoms with Gasteiger partial charge in [-0.2, -0.15) is 0 Å². The molecule has 11 nitrogen and oxygen atoms in total. The molecule has 0 N–H and O–H groups in total. The SMILES string of the molecule is O=C(COC(=O)c1cccc(N2C(=O)C3CC=CCC3C2=O)c1)c1ccc(OC(=O)c2ccc([N+](=O)[O-])cc2)cc1. The van der Waals surface area contributed by atoms with E-state index in [-0.39, 0.29) is 45.6 Å². The number of nitrogens with zero attached hydrogens (tertiary/aromatic N) is 2. The van der Waals surface area contributed by atoms with Crippen LogP contribution < -0.4 is 9.64 Å². The second kappa shape index (κ2) is 11.3. The molecular formula is C30H22N2O9. The van der Waals surface area contributed by atoms with Gasteiger partial charge in [0.1, 0.15) is 5.75 Å². The maximum Gasteiger partial charge on any atom is 0.343 e. The van der Waals surface area contributed by atoms with E-state index in [0.29, 0.717) is 12.8 Å². The molecular weight excluding hydrogens is 532 g/mol. The van der Waals surface area contributed by atoms with Crippen LogP contribution in [0.25, 0.3) is 0 Å². The third kappa shape index (κ3) is 5.64. The summed E-state index contributed by atoms with van der Waals surface area (Å²) in [6.07, 6.45) is 4.78. The Balaban J connectivity index is 1.17. The van der Waals surface area contributed by atoms with Gasteiger partial charge in [0, 0.05) is 17.7 Å². The third-order valence-electron chi connectivity index (χ3n) is 6.88. The number of fused-ring (bicyclic) bond motifs is 1. The first-order valence-corrected chi connectivity index (χ1v) is 12.6. The van der Waals surface area contributed by atoms with Crippen LogP contribution in [0.5, 0.6) is 5.75 Å². The highest BCUT2D eigenvalue weighted by Crippen LogP contribution is 2.37. The molecule has 11 heteroatoms. The number of carbonyl (C=O) groups excluding carboxylic acids is 5. The molecule has 0 radical (unpaired) electrons. The van der Waals surface area contributed by atoms with Gasteiger partial charge in [-0.05, 0) is 67.4 Å². The highest BCUT2D eigenvalue weighted by Gasteiger charge is 2.47. The molecule has 0 spiro atoms. The Morgan fingerprint density at radius 1 is 0.805 bits per heavy atom. The Bertz CT molecular complexity index is 1570. The van der Waals surface area contributed by atoms with E-state index in [1.54, 1.807) is 6.07 Å². The minimum atomic E-state index is -0.799. The van der Waals surface area contributed by atoms with Crippen molar-refractivity contribution in [1.82, 2.24) is 0 Å². The zero-order valence-electron chi connectivity index (χ0n) is 21.4. The molecule has 2 aliphatic rings. The van der Waals surface area contributed by atoms with Crippen molar-refractivity contribution in [3.8, 4) is 5.75 Å². The van der Waals surface area contributed by atoms with Gasteiger partial charge in [-0.1, -0.05) is 18.2 Å². The molecule has 3 aromatic rings. The number of hydrogen-bond acceptors (Lipinski definition) is 9. The van der Waals surface area contributed by atoms with Crippen molar-refractivity contribution in [2.75, 3.05) is 11.5 Å². The largest absolute Gasteiger partial charge is 0.454 e. The van der Waals surface area contributed by atoms with E-state index in [2.05, 4.69) is 0 Å². The van der Waals surface area contributed by atoms with Crippen LogP contribution in [0.3, 0.4) is 0 Å². The van der Waals surface area contributed by atoms with Gasteiger partial charge in [0.15, 0.2) is 12.4 Å². The van der Waals surface area contributed by atoms with Gasteiger partial charge in [-0.25, -0.2) is 9.59 Å². The van der Waals surface area contributed by atoms with Crippen LogP contribution in [-0.2, 0) is 14.3 Å². The number of anilines is 1. The summed E-state index contributed by atoms with van der Waals surface area (Å²) in [5.74, 6) is -3.31. The summed E-state index contributed by atoms with van der Waals surface area (Å²) in [6, 6.07) is 16.4. The average Bonchev–Trinajstić information content (AvgIpc) is 3.25. The number of nitro benzene ring substituents is 1. The van der Waals surface area contributed by atoms with Crippen molar-refractivity contribution >= 4 is 40.9 Å². The summed E-state index contributed by atoms with van der Waals surface area (Å²) >= 11 is 0. The summed E-state index contributed by atoms with van der Waals surface area (Å²) < 4.78 is 10.4. The predicted molar refractivity (Wildman–Crippen MR) is 143 cm³/mol. The number of amides is 2. The van der Waals surface area contributed by atoms with Gasteiger partial charge in [-0.15, -0.1) is 0 Å². The number of Topliss-reactive ketones (excluding diaryl/α,β-unsaturated/α-hetero) is 1. The first kappa shape index (κ1) is 27.1. The van der Waals surface area contributed by atoms with E-state index in [1.807, 2.05) is 12.2 Å². The molecule has 41 heavy (non-hydrogen) atoms. The number of ketones is 1. The molecule has 2 amide bonds. The van der Waals surface area contributed by atoms with Crippen LogP contribution in [0.2, 0.25) is 0 Å². The van der Waals surface area contributed by atoms with Gasteiger partial charge < -0.3 is 9.47 Å². The number of benzene rings is 3. The number of nitro groups is 1. The summed E-state index contributed by atoms with van der Waals surface area (Å²) in [6.45, 7) is -0.567. The first-order chi connectivity index (χ1) is 19.7. The normalized spacial score (nSPS) is 17.6. The average molecular weight is 555 g/mol. The quantitative estimate of drug-likeness (QED) is 0.0755. The number of esters is 2. The zero-order chi connectivity index (χ0) is 29.1. The lowest BCUT2D eigenvalue weighted by atomic mass is 9.85. The smallest absolute Gasteiger partial charge is 0.343 e. The fourth-order valence-electron chi connectivity index (χ4n) is 4.72. The Hall–Kier alpha value is -5.45. The van der Waals surface area contributed by atoms with Gasteiger partial charge in [0.2, 0.25) is 11.8 Å². The van der Waals surface area contributed by atoms with E-state index in [1.165, 1.54) is 66.7 Å². The summed E-state index contributed by atoms with van der Waals surface area (Å²) in [7, 11) is 0. The second-order valence-corrected chi connectivity index (χ2v) is 9.44. The Morgan fingerprint density at radius 2 is 1.41 bits per heavy atom. The molecule has 2 atom stereocenters. The van der Waals surface area contributed by atoms with E-state index in [4.69, 9.17) is 9.47 Å². The van der Waals surface area contributed by atoms with E-state index in [9.17, 15) is 34.1 Å². The molecule has 0 bridgehead atoms. The van der Waals surface area contributed by atoms with Crippen LogP contribution >= 0.6 is 0 Å². The summed E-state index contributed by atoms with van der Waals surface area (Å²) in [5.41, 5.74) is 0.503. The second-order valence-electron chi connectivity index (χ2n) is 9.44. The molecule has 1 aliphatic heterocycles. The number of allylic oxidation sites excluding steroid dienone is 2. The van der Waals surface area contributed by atoms with Crippen molar-refractivity contribution < 1.29 is 38.4 Å². The Morgan fingerprint density at radius 3 is 2.02 bits per heavy atom. The molecule has 3 aromatic carbocycles. The van der Waals surface area contributed by atoms with Gasteiger partial charge in [0.25, 0.3) is 5.69 Å². The van der Waals surface area contributed by atoms with Crippen LogP contribution in [-0.4, -0.2) is 41.1 Å². The predicted octanol–water partition coefficient (Wildman–Crippen LogP) is 4.31. The van der Waals surface area contributed by atoms with Crippen molar-refractivity contribution in [3.63, 3.8) is 0 Å². The molecule has 2 unspecified atom stereocenters. The van der Waals surface area contributed by atoms with Crippen molar-refractivity contribution in [2.24, 2.45) is 11.8 Å². The number of hydrogen-bond donors (Lipinski definition) is 0. The Labute approximate surface area is 233 Å². The molecule has 5 rings (SSSR count). The molecule has 0 saturated carbocycles. The van der Waals surface area contributed by atoms with Gasteiger partial charge in [0.05, 0.1) is 33.6 Å². The van der Waals surface area contributed by atoms with Crippen LogP contribution in [0.4, 0.5) is 11.4 Å². The van der Waals surface area contributed by atoms with E-state index >= 15 is 0 Å². The number of non-ortho nitro benzene ring substituents is 1. The van der Waals surface area contributed by atoms with Gasteiger partial charge in [-0.3, -0.25) is 29.4 Å². The lowest BCUT2D eigenvalue weighted by Gasteiger charge is -2.15. The standard InChI is InChI=1S/C30H22N2O9/c33-26(18-10-14-23(15-11-18)41-30(37)19-8-12-21(13-9-19)32(38)39)17-40-29(36)20-4-3-5-22(16-20)31-27(34)24-6-1-2-7-25(24)28(31)35/h1-5,8-16,24-25H,6-7,17H2. The lowest BCUT2D eigenvalue weighted by Crippen LogP contribution is -2.31. The van der Waals surface area contributed by atoms with Crippen LogP contribution in [0.15, 0.2) is 84.9 Å². The van der Waals surface area contributed by atoms with E-state index < -0.39 is 41.1 Å². The molecule has 1 heterocycles. The van der Waals surface area contributed by atoms with E-state index in [0.717, 1.165) is 4.90 Å². The third-order valence-corrected chi connectivity index (χ3v) is 6.88. The summed E-state index contributed by atoms with van der Waals surface area (Å²) in [4.78, 5) is 74.5. The van der Waals surface area contributed by atoms with Crippen molar-refractivity contribution in [1.29, 1.82) is 0 Å². The number of carbonyl (C=O) groups is 5. The lowest BCUT2D eigenvalue weighted by molar-refractivity contribution is -0.384. The van der Waals surface area contributed by atoms with Crippen molar-refractivity contribution in [3.05, 3.63) is 112 Å². The topological polar surface area (TPSA) is 150 Å². The molecule has 206 valence electrons. The molecule has 1 saturated heterocycles. The number of ether oxygens (including phenoxy) is 2. The Kier molecular flexibility index (Phi) is 7.51. The fraction of sp³-hybridized carbons (Fsp3) is 0.167. The zero-order valence-corrected chi connectivity index (χ0v) is 21.4. The van der Waals surface area contributed by atoms with Crippen LogP contribution in [0, 0.1) is 22.0 Å². The minimum Gasteiger partial charge on any atom is -0.454 e. The minimum absolute atomic E-state index is 0.0809. The maximum absolute atomic E-state index is 12.9. The number of rotatable bonds is 8. The fourth-order valence-corrected chi connectivity index (χ4v) is 4.72. The van der Waals surface area contributed by atoms with Gasteiger partial charge >= 0.3 is 11.9 Å². The summed E-state index contributed by atoms with van der Waals surface area (Å²) in [5, 5.41) is 10.7. The molecule has 0 aromatic heterocycles. The number of imide groups is 1. The highest BCUT2D eigenvalue weighted by molar-refractivity contribution is 6.22. The monoisotopic (exact) mass is 554 g/mol. The molecule has 1 aliphatic carbocycles. The first-order valence-electron chi connectivity index (χ1n) is 12.6. The molecule has 1 fully saturated rings.